The number of nitrogens with one attached hydrogen (secondary N) is 1. The molecule has 0 aliphatic heterocycles. The number of fused-ring (bicyclic) bond motifs is 3. The first kappa shape index (κ1) is 8.92. The first-order valence-electron chi connectivity index (χ1n) is 5.31. The Morgan fingerprint density at radius 3 is 3.13 bits per heavy atom. The van der Waals surface area contributed by atoms with E-state index in [9.17, 15) is 4.39 Å². The molecule has 1 heterocycles. The molecule has 2 aromatic rings. The maximum absolute atomic E-state index is 13.0. The van der Waals surface area contributed by atoms with E-state index in [1.54, 1.807) is 6.07 Å². The third kappa shape index (κ3) is 1.27. The van der Waals surface area contributed by atoms with Crippen molar-refractivity contribution in [3.8, 4) is 0 Å². The van der Waals surface area contributed by atoms with Gasteiger partial charge in [0.1, 0.15) is 5.82 Å². The molecule has 0 amide bonds. The van der Waals surface area contributed by atoms with Crippen molar-refractivity contribution in [1.29, 1.82) is 0 Å². The van der Waals surface area contributed by atoms with Crippen LogP contribution in [0.25, 0.3) is 10.9 Å². The quantitative estimate of drug-likeness (QED) is 0.680. The summed E-state index contributed by atoms with van der Waals surface area (Å²) in [6.07, 6.45) is 3.17. The summed E-state index contributed by atoms with van der Waals surface area (Å²) in [5, 5.41) is 1.08. The predicted molar refractivity (Wildman–Crippen MR) is 58.1 cm³/mol. The third-order valence-electron chi connectivity index (χ3n) is 3.20. The standard InChI is InChI=1S/C12H13FN2/c13-7-4-5-8-11(6-7)15-10-3-1-2-9(14)12(8)10/h4-6,9,15H,1-3,14H2. The molecule has 1 unspecified atom stereocenters. The van der Waals surface area contributed by atoms with Crippen LogP contribution >= 0.6 is 0 Å². The Kier molecular flexibility index (Phi) is 1.83. The molecule has 1 atom stereocenters. The highest BCUT2D eigenvalue weighted by molar-refractivity contribution is 5.85. The largest absolute Gasteiger partial charge is 0.358 e. The molecule has 1 aromatic heterocycles. The highest BCUT2D eigenvalue weighted by Gasteiger charge is 2.21. The second kappa shape index (κ2) is 3.07. The average molecular weight is 204 g/mol. The van der Waals surface area contributed by atoms with Gasteiger partial charge in [-0.25, -0.2) is 4.39 Å². The van der Waals surface area contributed by atoms with Crippen molar-refractivity contribution in [3.63, 3.8) is 0 Å². The van der Waals surface area contributed by atoms with Gasteiger partial charge >= 0.3 is 0 Å². The number of hydrogen-bond acceptors (Lipinski definition) is 1. The Hall–Kier alpha value is -1.35. The summed E-state index contributed by atoms with van der Waals surface area (Å²) in [4.78, 5) is 3.27. The first-order chi connectivity index (χ1) is 7.25. The predicted octanol–water partition coefficient (Wildman–Crippen LogP) is 2.64. The Balaban J connectivity index is 2.32. The van der Waals surface area contributed by atoms with Crippen molar-refractivity contribution in [2.24, 2.45) is 5.73 Å². The molecule has 0 saturated heterocycles. The van der Waals surface area contributed by atoms with E-state index in [-0.39, 0.29) is 11.9 Å². The van der Waals surface area contributed by atoms with E-state index in [1.165, 1.54) is 17.3 Å². The zero-order valence-corrected chi connectivity index (χ0v) is 8.39. The zero-order valence-electron chi connectivity index (χ0n) is 8.39. The summed E-state index contributed by atoms with van der Waals surface area (Å²) < 4.78 is 13.0. The topological polar surface area (TPSA) is 41.8 Å². The first-order valence-corrected chi connectivity index (χ1v) is 5.31. The molecule has 1 aliphatic rings. The van der Waals surface area contributed by atoms with E-state index in [4.69, 9.17) is 5.73 Å². The zero-order chi connectivity index (χ0) is 10.4. The minimum Gasteiger partial charge on any atom is -0.358 e. The van der Waals surface area contributed by atoms with Gasteiger partial charge in [-0.05, 0) is 43.0 Å². The summed E-state index contributed by atoms with van der Waals surface area (Å²) in [6.45, 7) is 0. The number of aromatic nitrogens is 1. The third-order valence-corrected chi connectivity index (χ3v) is 3.20. The molecule has 0 spiro atoms. The van der Waals surface area contributed by atoms with Crippen LogP contribution in [-0.4, -0.2) is 4.98 Å². The van der Waals surface area contributed by atoms with Gasteiger partial charge in [-0.15, -0.1) is 0 Å². The van der Waals surface area contributed by atoms with Gasteiger partial charge in [0, 0.05) is 22.6 Å². The van der Waals surface area contributed by atoms with Crippen molar-refractivity contribution in [2.75, 3.05) is 0 Å². The Morgan fingerprint density at radius 1 is 1.40 bits per heavy atom. The van der Waals surface area contributed by atoms with Gasteiger partial charge in [-0.2, -0.15) is 0 Å². The molecular weight excluding hydrogens is 191 g/mol. The summed E-state index contributed by atoms with van der Waals surface area (Å²) in [5.41, 5.74) is 9.33. The number of aryl methyl sites for hydroxylation is 1. The van der Waals surface area contributed by atoms with Gasteiger partial charge in [0.15, 0.2) is 0 Å². The van der Waals surface area contributed by atoms with Crippen LogP contribution in [0.15, 0.2) is 18.2 Å². The van der Waals surface area contributed by atoms with E-state index in [0.29, 0.717) is 0 Å². The number of H-pyrrole nitrogens is 1. The van der Waals surface area contributed by atoms with Gasteiger partial charge in [0.05, 0.1) is 0 Å². The number of hydrogen-bond donors (Lipinski definition) is 2. The number of benzene rings is 1. The van der Waals surface area contributed by atoms with Crippen molar-refractivity contribution in [3.05, 3.63) is 35.3 Å². The van der Waals surface area contributed by atoms with Crippen LogP contribution in [-0.2, 0) is 6.42 Å². The smallest absolute Gasteiger partial charge is 0.125 e. The maximum Gasteiger partial charge on any atom is 0.125 e. The van der Waals surface area contributed by atoms with Gasteiger partial charge in [-0.1, -0.05) is 0 Å². The van der Waals surface area contributed by atoms with Gasteiger partial charge in [0.25, 0.3) is 0 Å². The van der Waals surface area contributed by atoms with Gasteiger partial charge in [-0.3, -0.25) is 0 Å². The van der Waals surface area contributed by atoms with Crippen LogP contribution in [0.3, 0.4) is 0 Å². The number of halogens is 1. The van der Waals surface area contributed by atoms with Crippen LogP contribution in [0.5, 0.6) is 0 Å². The fourth-order valence-corrected chi connectivity index (χ4v) is 2.51. The van der Waals surface area contributed by atoms with Crippen molar-refractivity contribution < 1.29 is 4.39 Å². The molecule has 3 heteroatoms. The van der Waals surface area contributed by atoms with Crippen LogP contribution in [0.1, 0.15) is 30.1 Å². The molecule has 1 aliphatic carbocycles. The molecule has 0 fully saturated rings. The van der Waals surface area contributed by atoms with E-state index in [2.05, 4.69) is 4.98 Å². The second-order valence-corrected chi connectivity index (χ2v) is 4.21. The Bertz CT molecular complexity index is 516. The van der Waals surface area contributed by atoms with Crippen LogP contribution < -0.4 is 5.73 Å². The summed E-state index contributed by atoms with van der Waals surface area (Å²) in [7, 11) is 0. The molecule has 0 bridgehead atoms. The molecule has 15 heavy (non-hydrogen) atoms. The molecular formula is C12H13FN2. The monoisotopic (exact) mass is 204 g/mol. The minimum absolute atomic E-state index is 0.105. The van der Waals surface area contributed by atoms with Crippen molar-refractivity contribution in [1.82, 2.24) is 4.98 Å². The lowest BCUT2D eigenvalue weighted by molar-refractivity contribution is 0.569. The fourth-order valence-electron chi connectivity index (χ4n) is 2.51. The summed E-state index contributed by atoms with van der Waals surface area (Å²) in [6, 6.07) is 4.97. The molecule has 78 valence electrons. The van der Waals surface area contributed by atoms with Crippen molar-refractivity contribution >= 4 is 10.9 Å². The number of aromatic amines is 1. The molecule has 2 nitrogen and oxygen atoms in total. The van der Waals surface area contributed by atoms with E-state index < -0.39 is 0 Å². The van der Waals surface area contributed by atoms with Crippen LogP contribution in [0.2, 0.25) is 0 Å². The van der Waals surface area contributed by atoms with Crippen molar-refractivity contribution in [2.45, 2.75) is 25.3 Å². The maximum atomic E-state index is 13.0. The minimum atomic E-state index is -0.199. The Morgan fingerprint density at radius 2 is 2.27 bits per heavy atom. The lowest BCUT2D eigenvalue weighted by Crippen LogP contribution is -2.16. The normalized spacial score (nSPS) is 20.5. The molecule has 3 N–H and O–H groups in total. The average Bonchev–Trinajstić information content (AvgIpc) is 2.56. The fraction of sp³-hybridized carbons (Fsp3) is 0.333. The molecule has 0 radical (unpaired) electrons. The highest BCUT2D eigenvalue weighted by atomic mass is 19.1. The summed E-state index contributed by atoms with van der Waals surface area (Å²) in [5.74, 6) is -0.199. The lowest BCUT2D eigenvalue weighted by Gasteiger charge is -2.18. The lowest BCUT2D eigenvalue weighted by atomic mass is 9.91. The number of rotatable bonds is 0. The van der Waals surface area contributed by atoms with Crippen LogP contribution in [0.4, 0.5) is 4.39 Å². The van der Waals surface area contributed by atoms with E-state index >= 15 is 0 Å². The SMILES string of the molecule is NC1CCCc2[nH]c3cc(F)ccc3c21. The van der Waals surface area contributed by atoms with Crippen LogP contribution in [0, 0.1) is 5.82 Å². The Labute approximate surface area is 87.3 Å². The summed E-state index contributed by atoms with van der Waals surface area (Å²) >= 11 is 0. The number of nitrogens with two attached hydrogens (primary N) is 1. The van der Waals surface area contributed by atoms with Gasteiger partial charge in [0.2, 0.25) is 0 Å². The molecule has 1 aromatic carbocycles. The highest BCUT2D eigenvalue weighted by Crippen LogP contribution is 2.34. The second-order valence-electron chi connectivity index (χ2n) is 4.21. The molecule has 0 saturated carbocycles. The molecule has 3 rings (SSSR count). The van der Waals surface area contributed by atoms with E-state index in [0.717, 1.165) is 30.2 Å². The van der Waals surface area contributed by atoms with Gasteiger partial charge < -0.3 is 10.7 Å². The van der Waals surface area contributed by atoms with E-state index in [1.807, 2.05) is 6.07 Å².